The van der Waals surface area contributed by atoms with Crippen molar-refractivity contribution in [3.8, 4) is 0 Å². The summed E-state index contributed by atoms with van der Waals surface area (Å²) < 4.78 is 48.1. The van der Waals surface area contributed by atoms with E-state index in [1.807, 2.05) is 18.2 Å². The lowest BCUT2D eigenvalue weighted by molar-refractivity contribution is 0.0608. The molecule has 0 spiro atoms. The molecule has 0 aliphatic carbocycles. The lowest BCUT2D eigenvalue weighted by Crippen LogP contribution is -2.41. The first kappa shape index (κ1) is 27.0. The van der Waals surface area contributed by atoms with E-state index in [1.165, 1.54) is 28.6 Å². The summed E-state index contributed by atoms with van der Waals surface area (Å²) in [5.74, 6) is -1.11. The van der Waals surface area contributed by atoms with Crippen molar-refractivity contribution in [2.45, 2.75) is 57.2 Å². The molecule has 1 aromatic heterocycles. The zero-order chi connectivity index (χ0) is 26.8. The predicted molar refractivity (Wildman–Crippen MR) is 143 cm³/mol. The molecule has 198 valence electrons. The van der Waals surface area contributed by atoms with Crippen molar-refractivity contribution < 1.29 is 22.3 Å². The second kappa shape index (κ2) is 10.8. The molecule has 1 amide bonds. The minimum absolute atomic E-state index is 0.0949. The molecule has 2 heterocycles. The largest absolute Gasteiger partial charge is 0.443 e. The normalized spacial score (nSPS) is 16.5. The van der Waals surface area contributed by atoms with Gasteiger partial charge in [-0.3, -0.25) is 4.90 Å². The fourth-order valence-corrected chi connectivity index (χ4v) is 6.18. The molecule has 8 nitrogen and oxygen atoms in total. The number of halogens is 1. The number of amides is 1. The SMILES string of the molecule is Cc1cc(S(=O)(=O)N(C(=O)OC(C)(C)C)c2cscn2)c(F)cc1N[C@@H]1CCN(Cc2ccccc2)C1. The third-order valence-electron chi connectivity index (χ3n) is 5.86. The molecule has 1 aliphatic rings. The Balaban J connectivity index is 1.54. The quantitative estimate of drug-likeness (QED) is 0.424. The van der Waals surface area contributed by atoms with Crippen LogP contribution in [0.4, 0.5) is 20.7 Å². The molecular formula is C26H31FN4O4S2. The van der Waals surface area contributed by atoms with Gasteiger partial charge in [0.2, 0.25) is 0 Å². The number of carbonyl (C=O) groups excluding carboxylic acids is 1. The number of rotatable bonds is 7. The lowest BCUT2D eigenvalue weighted by Gasteiger charge is -2.26. The molecule has 1 fully saturated rings. The molecule has 2 aromatic carbocycles. The van der Waals surface area contributed by atoms with Gasteiger partial charge in [0.15, 0.2) is 5.82 Å². The monoisotopic (exact) mass is 546 g/mol. The predicted octanol–water partition coefficient (Wildman–Crippen LogP) is 5.41. The number of benzene rings is 2. The maximum Gasteiger partial charge on any atom is 0.430 e. The van der Waals surface area contributed by atoms with Gasteiger partial charge in [0.25, 0.3) is 10.0 Å². The van der Waals surface area contributed by atoms with E-state index in [9.17, 15) is 13.2 Å². The fourth-order valence-electron chi connectivity index (χ4n) is 4.19. The summed E-state index contributed by atoms with van der Waals surface area (Å²) in [7, 11) is -4.64. The Kier molecular flexibility index (Phi) is 7.86. The van der Waals surface area contributed by atoms with Crippen molar-refractivity contribution in [1.82, 2.24) is 9.88 Å². The van der Waals surface area contributed by atoms with Gasteiger partial charge in [-0.05, 0) is 57.4 Å². The van der Waals surface area contributed by atoms with Gasteiger partial charge >= 0.3 is 6.09 Å². The third-order valence-corrected chi connectivity index (χ3v) is 8.12. The van der Waals surface area contributed by atoms with Crippen molar-refractivity contribution in [3.05, 3.63) is 70.3 Å². The summed E-state index contributed by atoms with van der Waals surface area (Å²) in [5, 5.41) is 4.75. The molecule has 1 N–H and O–H groups in total. The average Bonchev–Trinajstić information content (AvgIpc) is 3.48. The highest BCUT2D eigenvalue weighted by atomic mass is 32.2. The molecule has 11 heteroatoms. The average molecular weight is 547 g/mol. The van der Waals surface area contributed by atoms with Gasteiger partial charge in [-0.15, -0.1) is 15.6 Å². The maximum atomic E-state index is 15.3. The zero-order valence-electron chi connectivity index (χ0n) is 21.3. The van der Waals surface area contributed by atoms with E-state index < -0.39 is 32.4 Å². The van der Waals surface area contributed by atoms with Gasteiger partial charge in [-0.1, -0.05) is 30.3 Å². The highest BCUT2D eigenvalue weighted by Gasteiger charge is 2.38. The first-order chi connectivity index (χ1) is 17.4. The van der Waals surface area contributed by atoms with E-state index >= 15 is 4.39 Å². The van der Waals surface area contributed by atoms with Crippen LogP contribution in [0.2, 0.25) is 0 Å². The van der Waals surface area contributed by atoms with Crippen LogP contribution in [0.3, 0.4) is 0 Å². The van der Waals surface area contributed by atoms with E-state index in [2.05, 4.69) is 27.3 Å². The van der Waals surface area contributed by atoms with E-state index in [1.54, 1.807) is 27.7 Å². The van der Waals surface area contributed by atoms with E-state index in [-0.39, 0.29) is 11.9 Å². The molecule has 0 unspecified atom stereocenters. The second-order valence-corrected chi connectivity index (χ2v) is 12.5. The van der Waals surface area contributed by atoms with Crippen LogP contribution in [-0.4, -0.2) is 49.1 Å². The second-order valence-electron chi connectivity index (χ2n) is 10.0. The zero-order valence-corrected chi connectivity index (χ0v) is 22.9. The van der Waals surface area contributed by atoms with Crippen molar-refractivity contribution in [1.29, 1.82) is 0 Å². The molecule has 1 atom stereocenters. The third kappa shape index (κ3) is 6.46. The number of carbonyl (C=O) groups is 1. The summed E-state index contributed by atoms with van der Waals surface area (Å²) in [4.78, 5) is 18.5. The first-order valence-electron chi connectivity index (χ1n) is 11.9. The minimum atomic E-state index is -4.64. The smallest absolute Gasteiger partial charge is 0.430 e. The van der Waals surface area contributed by atoms with Gasteiger partial charge in [0.1, 0.15) is 16.3 Å². The van der Waals surface area contributed by atoms with Crippen molar-refractivity contribution in [2.24, 2.45) is 0 Å². The van der Waals surface area contributed by atoms with Crippen molar-refractivity contribution in [2.75, 3.05) is 22.7 Å². The standard InChI is InChI=1S/C26H31FN4O4S2/c1-18-12-23(37(33,34)31(24-16-36-17-28-24)25(32)35-26(2,3)4)21(27)13-22(18)29-20-10-11-30(15-20)14-19-8-6-5-7-9-19/h5-9,12-13,16-17,20,29H,10-11,14-15H2,1-4H3/t20-/m1/s1. The van der Waals surface area contributed by atoms with Gasteiger partial charge in [0, 0.05) is 36.7 Å². The minimum Gasteiger partial charge on any atom is -0.443 e. The topological polar surface area (TPSA) is 91.8 Å². The number of hydrogen-bond acceptors (Lipinski definition) is 8. The van der Waals surface area contributed by atoms with Crippen LogP contribution in [0, 0.1) is 12.7 Å². The number of likely N-dealkylation sites (tertiary alicyclic amines) is 1. The number of nitrogens with one attached hydrogen (secondary N) is 1. The Morgan fingerprint density at radius 1 is 1.27 bits per heavy atom. The summed E-state index contributed by atoms with van der Waals surface area (Å²) in [6.45, 7) is 9.08. The summed E-state index contributed by atoms with van der Waals surface area (Å²) in [6, 6.07) is 12.7. The number of sulfonamides is 1. The van der Waals surface area contributed by atoms with Crippen LogP contribution in [-0.2, 0) is 21.3 Å². The number of hydrogen-bond donors (Lipinski definition) is 1. The molecule has 0 bridgehead atoms. The Morgan fingerprint density at radius 3 is 2.65 bits per heavy atom. The summed E-state index contributed by atoms with van der Waals surface area (Å²) in [5.41, 5.74) is 2.72. The molecule has 1 aliphatic heterocycles. The Bertz CT molecular complexity index is 1340. The van der Waals surface area contributed by atoms with Crippen molar-refractivity contribution in [3.63, 3.8) is 0 Å². The Labute approximate surface area is 221 Å². The van der Waals surface area contributed by atoms with Gasteiger partial charge < -0.3 is 10.1 Å². The molecule has 4 rings (SSSR count). The molecule has 0 radical (unpaired) electrons. The molecule has 1 saturated heterocycles. The number of aromatic nitrogens is 1. The summed E-state index contributed by atoms with van der Waals surface area (Å²) in [6.07, 6.45) is -0.272. The van der Waals surface area contributed by atoms with Crippen LogP contribution in [0.25, 0.3) is 0 Å². The number of nitrogens with zero attached hydrogens (tertiary/aromatic N) is 3. The van der Waals surface area contributed by atoms with Gasteiger partial charge in [0.05, 0.1) is 5.51 Å². The van der Waals surface area contributed by atoms with Crippen molar-refractivity contribution >= 4 is 39.0 Å². The lowest BCUT2D eigenvalue weighted by atomic mass is 10.1. The van der Waals surface area contributed by atoms with Crippen LogP contribution >= 0.6 is 11.3 Å². The molecule has 3 aromatic rings. The van der Waals surface area contributed by atoms with E-state index in [0.717, 1.165) is 37.4 Å². The Morgan fingerprint density at radius 2 is 2.00 bits per heavy atom. The number of anilines is 2. The van der Waals surface area contributed by atoms with Crippen LogP contribution in [0.5, 0.6) is 0 Å². The molecule has 37 heavy (non-hydrogen) atoms. The number of aryl methyl sites for hydroxylation is 1. The highest BCUT2D eigenvalue weighted by molar-refractivity contribution is 7.93. The first-order valence-corrected chi connectivity index (χ1v) is 14.3. The number of thiazole rings is 1. The molecular weight excluding hydrogens is 515 g/mol. The highest BCUT2D eigenvalue weighted by Crippen LogP contribution is 2.31. The van der Waals surface area contributed by atoms with Gasteiger partial charge in [-0.25, -0.2) is 22.6 Å². The van der Waals surface area contributed by atoms with E-state index in [4.69, 9.17) is 4.74 Å². The fraction of sp³-hybridized carbons (Fsp3) is 0.385. The molecule has 0 saturated carbocycles. The van der Waals surface area contributed by atoms with E-state index in [0.29, 0.717) is 15.6 Å². The number of ether oxygens (including phenoxy) is 1. The summed E-state index contributed by atoms with van der Waals surface area (Å²) >= 11 is 1.11. The van der Waals surface area contributed by atoms with Crippen LogP contribution in [0.15, 0.2) is 58.3 Å². The Hall–Kier alpha value is -3.02. The maximum absolute atomic E-state index is 15.3. The van der Waals surface area contributed by atoms with Crippen LogP contribution < -0.4 is 9.62 Å². The van der Waals surface area contributed by atoms with Crippen LogP contribution in [0.1, 0.15) is 38.3 Å². The van der Waals surface area contributed by atoms with Gasteiger partial charge in [-0.2, -0.15) is 0 Å².